The van der Waals surface area contributed by atoms with Crippen molar-refractivity contribution in [1.29, 1.82) is 0 Å². The van der Waals surface area contributed by atoms with Gasteiger partial charge in [0.2, 0.25) is 0 Å². The molecular formula is C22H28O2Si. The lowest BCUT2D eigenvalue weighted by Crippen LogP contribution is -2.21. The van der Waals surface area contributed by atoms with E-state index in [0.717, 1.165) is 17.7 Å². The fourth-order valence-corrected chi connectivity index (χ4v) is 3.37. The maximum Gasteiger partial charge on any atom is 0.129 e. The lowest BCUT2D eigenvalue weighted by Gasteiger charge is -2.23. The van der Waals surface area contributed by atoms with Crippen molar-refractivity contribution in [3.8, 4) is 17.2 Å². The highest BCUT2D eigenvalue weighted by Crippen LogP contribution is 2.29. The second kappa shape index (κ2) is 8.89. The number of rotatable bonds is 6. The van der Waals surface area contributed by atoms with Crippen LogP contribution >= 0.6 is 0 Å². The van der Waals surface area contributed by atoms with Crippen LogP contribution in [0.1, 0.15) is 17.0 Å². The van der Waals surface area contributed by atoms with Gasteiger partial charge in [-0.05, 0) is 29.7 Å². The number of ether oxygens (including phenoxy) is 1. The average Bonchev–Trinajstić information content (AvgIpc) is 2.61. The minimum Gasteiger partial charge on any atom is -0.497 e. The van der Waals surface area contributed by atoms with E-state index >= 15 is 0 Å². The van der Waals surface area contributed by atoms with E-state index in [1.807, 2.05) is 30.3 Å². The Balaban J connectivity index is 2.35. The topological polar surface area (TPSA) is 29.5 Å². The van der Waals surface area contributed by atoms with Crippen molar-refractivity contribution in [1.82, 2.24) is 0 Å². The maximum absolute atomic E-state index is 10.1. The van der Waals surface area contributed by atoms with Crippen LogP contribution in [0.4, 0.5) is 0 Å². The van der Waals surface area contributed by atoms with Gasteiger partial charge in [0.25, 0.3) is 0 Å². The Hall–Kier alpha value is -2.02. The van der Waals surface area contributed by atoms with Gasteiger partial charge in [0.05, 0.1) is 7.11 Å². The van der Waals surface area contributed by atoms with Crippen molar-refractivity contribution >= 4 is 8.07 Å². The molecule has 0 aliphatic carbocycles. The molecule has 2 aromatic rings. The maximum atomic E-state index is 10.1. The minimum absolute atomic E-state index is 0.0165. The summed E-state index contributed by atoms with van der Waals surface area (Å²) in [5.74, 6) is 4.42. The van der Waals surface area contributed by atoms with Crippen molar-refractivity contribution in [3.63, 3.8) is 0 Å². The second-order valence-corrected chi connectivity index (χ2v) is 12.2. The zero-order valence-corrected chi connectivity index (χ0v) is 16.6. The summed E-state index contributed by atoms with van der Waals surface area (Å²) in [5.41, 5.74) is 5.87. The summed E-state index contributed by atoms with van der Waals surface area (Å²) in [6, 6.07) is 18.4. The number of hydrogen-bond acceptors (Lipinski definition) is 2. The van der Waals surface area contributed by atoms with Gasteiger partial charge in [0, 0.05) is 18.4 Å². The Morgan fingerprint density at radius 2 is 1.64 bits per heavy atom. The van der Waals surface area contributed by atoms with Gasteiger partial charge >= 0.3 is 0 Å². The summed E-state index contributed by atoms with van der Waals surface area (Å²) in [6.07, 6.45) is 0.814. The van der Waals surface area contributed by atoms with Crippen molar-refractivity contribution in [2.45, 2.75) is 32.0 Å². The number of hydrogen-bond donors (Lipinski definition) is 1. The van der Waals surface area contributed by atoms with Gasteiger partial charge in [0.1, 0.15) is 13.8 Å². The monoisotopic (exact) mass is 352 g/mol. The lowest BCUT2D eigenvalue weighted by molar-refractivity contribution is 0.216. The van der Waals surface area contributed by atoms with Crippen LogP contribution in [-0.4, -0.2) is 26.9 Å². The average molecular weight is 353 g/mol. The molecule has 25 heavy (non-hydrogen) atoms. The van der Waals surface area contributed by atoms with Crippen molar-refractivity contribution in [2.75, 3.05) is 13.7 Å². The first-order chi connectivity index (χ1) is 11.9. The first kappa shape index (κ1) is 19.3. The van der Waals surface area contributed by atoms with Crippen LogP contribution in [0.25, 0.3) is 0 Å². The van der Waals surface area contributed by atoms with Gasteiger partial charge in [-0.3, -0.25) is 0 Å². The van der Waals surface area contributed by atoms with Crippen molar-refractivity contribution in [3.05, 3.63) is 65.7 Å². The standard InChI is InChI=1S/C22H28O2Si/c1-24-21-12-10-19(11-13-21)22(14-15-25(2,3)4)20(17-23)16-18-8-6-5-7-9-18/h5-13,20,22-23H,16-17H2,1-4H3/t20-,22-/m0/s1. The molecule has 1 N–H and O–H groups in total. The fraction of sp³-hybridized carbons (Fsp3) is 0.364. The van der Waals surface area contributed by atoms with E-state index in [0.29, 0.717) is 0 Å². The third-order valence-electron chi connectivity index (χ3n) is 4.12. The zero-order valence-electron chi connectivity index (χ0n) is 15.6. The van der Waals surface area contributed by atoms with Crippen LogP contribution in [0.15, 0.2) is 54.6 Å². The first-order valence-electron chi connectivity index (χ1n) is 8.74. The molecule has 0 saturated carbocycles. The minimum atomic E-state index is -1.49. The van der Waals surface area contributed by atoms with Gasteiger partial charge < -0.3 is 9.84 Å². The number of methoxy groups -OCH3 is 1. The van der Waals surface area contributed by atoms with E-state index in [1.54, 1.807) is 7.11 Å². The summed E-state index contributed by atoms with van der Waals surface area (Å²) >= 11 is 0. The Bertz CT molecular complexity index is 706. The highest BCUT2D eigenvalue weighted by atomic mass is 28.3. The lowest BCUT2D eigenvalue weighted by atomic mass is 9.83. The van der Waals surface area contributed by atoms with Crippen molar-refractivity contribution < 1.29 is 9.84 Å². The molecule has 2 rings (SSSR count). The van der Waals surface area contributed by atoms with E-state index in [4.69, 9.17) is 4.74 Å². The molecule has 3 heteroatoms. The molecule has 132 valence electrons. The van der Waals surface area contributed by atoms with Crippen LogP contribution in [0.2, 0.25) is 19.6 Å². The van der Waals surface area contributed by atoms with E-state index in [1.165, 1.54) is 5.56 Å². The predicted octanol–water partition coefficient (Wildman–Crippen LogP) is 4.51. The van der Waals surface area contributed by atoms with Gasteiger partial charge in [-0.25, -0.2) is 0 Å². The SMILES string of the molecule is COc1ccc([C@H](C#C[Si](C)(C)C)[C@H](CO)Cc2ccccc2)cc1. The van der Waals surface area contributed by atoms with Crippen LogP contribution in [-0.2, 0) is 6.42 Å². The smallest absolute Gasteiger partial charge is 0.129 e. The molecule has 2 atom stereocenters. The number of benzene rings is 2. The molecule has 0 saturated heterocycles. The van der Waals surface area contributed by atoms with E-state index in [-0.39, 0.29) is 18.4 Å². The predicted molar refractivity (Wildman–Crippen MR) is 108 cm³/mol. The summed E-state index contributed by atoms with van der Waals surface area (Å²) in [5, 5.41) is 10.1. The summed E-state index contributed by atoms with van der Waals surface area (Å²) < 4.78 is 5.27. The quantitative estimate of drug-likeness (QED) is 0.612. The summed E-state index contributed by atoms with van der Waals surface area (Å²) in [4.78, 5) is 0. The molecule has 0 aliphatic heterocycles. The van der Waals surface area contributed by atoms with Gasteiger partial charge in [-0.2, -0.15) is 0 Å². The van der Waals surface area contributed by atoms with Crippen molar-refractivity contribution in [2.24, 2.45) is 5.92 Å². The van der Waals surface area contributed by atoms with Crippen LogP contribution in [0.3, 0.4) is 0 Å². The Kier molecular flexibility index (Phi) is 6.87. The van der Waals surface area contributed by atoms with E-state index in [2.05, 4.69) is 55.4 Å². The molecule has 2 nitrogen and oxygen atoms in total. The first-order valence-corrected chi connectivity index (χ1v) is 12.2. The normalized spacial score (nSPS) is 13.5. The molecule has 0 heterocycles. The molecule has 0 unspecified atom stereocenters. The zero-order chi connectivity index (χ0) is 18.3. The molecular weight excluding hydrogens is 324 g/mol. The Morgan fingerprint density at radius 3 is 2.16 bits per heavy atom. The van der Waals surface area contributed by atoms with Crippen LogP contribution < -0.4 is 4.74 Å². The Labute approximate surface area is 152 Å². The Morgan fingerprint density at radius 1 is 1.00 bits per heavy atom. The van der Waals surface area contributed by atoms with Crippen LogP contribution in [0, 0.1) is 17.4 Å². The second-order valence-electron chi connectivity index (χ2n) is 7.40. The highest BCUT2D eigenvalue weighted by Gasteiger charge is 2.22. The van der Waals surface area contributed by atoms with Gasteiger partial charge in [0.15, 0.2) is 0 Å². The molecule has 2 aromatic carbocycles. The summed E-state index contributed by atoms with van der Waals surface area (Å²) in [7, 11) is 0.181. The van der Waals surface area contributed by atoms with E-state index < -0.39 is 8.07 Å². The molecule has 0 aromatic heterocycles. The largest absolute Gasteiger partial charge is 0.497 e. The molecule has 0 amide bonds. The molecule has 0 spiro atoms. The van der Waals surface area contributed by atoms with Gasteiger partial charge in [-0.1, -0.05) is 62.1 Å². The molecule has 0 radical (unpaired) electrons. The number of aliphatic hydroxyl groups is 1. The van der Waals surface area contributed by atoms with Crippen LogP contribution in [0.5, 0.6) is 5.75 Å². The van der Waals surface area contributed by atoms with Gasteiger partial charge in [-0.15, -0.1) is 11.5 Å². The third kappa shape index (κ3) is 6.08. The molecule has 0 fully saturated rings. The molecule has 0 aliphatic rings. The highest BCUT2D eigenvalue weighted by molar-refractivity contribution is 6.83. The molecule has 0 bridgehead atoms. The number of aliphatic hydroxyl groups excluding tert-OH is 1. The van der Waals surface area contributed by atoms with E-state index in [9.17, 15) is 5.11 Å². The fourth-order valence-electron chi connectivity index (χ4n) is 2.78. The third-order valence-corrected chi connectivity index (χ3v) is 5.02. The summed E-state index contributed by atoms with van der Waals surface area (Å²) in [6.45, 7) is 6.86.